The summed E-state index contributed by atoms with van der Waals surface area (Å²) < 4.78 is 6.78. The normalized spacial score (nSPS) is 15.4. The molecule has 0 spiro atoms. The number of hydrogen-bond acceptors (Lipinski definition) is 5. The lowest BCUT2D eigenvalue weighted by molar-refractivity contribution is 0.409. The molecule has 58 heavy (non-hydrogen) atoms. The number of amidine groups is 1. The van der Waals surface area contributed by atoms with E-state index in [2.05, 4.69) is 210 Å². The fourth-order valence-electron chi connectivity index (χ4n) is 8.41. The van der Waals surface area contributed by atoms with Gasteiger partial charge in [-0.15, -0.1) is 0 Å². The Morgan fingerprint density at radius 2 is 1.03 bits per heavy atom. The van der Waals surface area contributed by atoms with Crippen molar-refractivity contribution in [2.45, 2.75) is 12.3 Å². The molecule has 5 nitrogen and oxygen atoms in total. The fraction of sp³-hybridized carbons (Fsp3) is 0.0377. The Labute approximate surface area is 336 Å². The first-order chi connectivity index (χ1) is 28.7. The minimum absolute atomic E-state index is 0.155. The quantitative estimate of drug-likeness (QED) is 0.171. The number of benzene rings is 9. The highest BCUT2D eigenvalue weighted by Gasteiger charge is 2.27. The van der Waals surface area contributed by atoms with Crippen LogP contribution in [-0.4, -0.2) is 5.84 Å². The Bertz CT molecular complexity index is 3120. The Kier molecular flexibility index (Phi) is 8.30. The van der Waals surface area contributed by atoms with E-state index in [0.717, 1.165) is 78.0 Å². The SMILES string of the molecule is c1ccc(C2N=C(c3cc(-c4ccc(N(c5ccccc5)c5ccc6ccccc6c5)cc4)c4c(c3)oc3cc5ccccc5cc34)NC(c3ccccc3)N2)cc1. The highest BCUT2D eigenvalue weighted by atomic mass is 16.3. The van der Waals surface area contributed by atoms with Crippen LogP contribution >= 0.6 is 0 Å². The van der Waals surface area contributed by atoms with Gasteiger partial charge in [0.25, 0.3) is 0 Å². The molecule has 5 heteroatoms. The minimum atomic E-state index is -0.249. The van der Waals surface area contributed by atoms with Crippen LogP contribution in [0.4, 0.5) is 17.1 Å². The molecule has 9 aromatic carbocycles. The summed E-state index contributed by atoms with van der Waals surface area (Å²) in [5.74, 6) is 0.804. The van der Waals surface area contributed by atoms with E-state index in [4.69, 9.17) is 9.41 Å². The maximum atomic E-state index is 6.78. The Morgan fingerprint density at radius 1 is 0.448 bits per heavy atom. The predicted molar refractivity (Wildman–Crippen MR) is 240 cm³/mol. The van der Waals surface area contributed by atoms with Crippen molar-refractivity contribution in [3.63, 3.8) is 0 Å². The zero-order chi connectivity index (χ0) is 38.4. The average molecular weight is 747 g/mol. The lowest BCUT2D eigenvalue weighted by Gasteiger charge is -2.32. The fourth-order valence-corrected chi connectivity index (χ4v) is 8.41. The van der Waals surface area contributed by atoms with Gasteiger partial charge in [-0.3, -0.25) is 5.32 Å². The number of nitrogens with zero attached hydrogens (tertiary/aromatic N) is 2. The molecule has 11 rings (SSSR count). The van der Waals surface area contributed by atoms with E-state index in [0.29, 0.717) is 0 Å². The molecule has 2 N–H and O–H groups in total. The Balaban J connectivity index is 1.08. The molecule has 0 amide bonds. The van der Waals surface area contributed by atoms with Gasteiger partial charge < -0.3 is 14.6 Å². The summed E-state index contributed by atoms with van der Waals surface area (Å²) in [4.78, 5) is 7.63. The maximum absolute atomic E-state index is 6.78. The van der Waals surface area contributed by atoms with Crippen LogP contribution in [0.1, 0.15) is 29.0 Å². The van der Waals surface area contributed by atoms with Crippen LogP contribution < -0.4 is 15.5 Å². The lowest BCUT2D eigenvalue weighted by Crippen LogP contribution is -2.44. The first-order valence-corrected chi connectivity index (χ1v) is 19.8. The maximum Gasteiger partial charge on any atom is 0.136 e. The smallest absolute Gasteiger partial charge is 0.136 e. The monoisotopic (exact) mass is 746 g/mol. The first kappa shape index (κ1) is 33.8. The number of anilines is 3. The summed E-state index contributed by atoms with van der Waals surface area (Å²) in [6, 6.07) is 73.0. The molecule has 1 aliphatic heterocycles. The molecule has 1 aliphatic rings. The number of fused-ring (bicyclic) bond motifs is 5. The Hall–Kier alpha value is -7.47. The third kappa shape index (κ3) is 6.15. The molecule has 276 valence electrons. The molecule has 0 fully saturated rings. The second-order valence-electron chi connectivity index (χ2n) is 14.9. The van der Waals surface area contributed by atoms with Crippen LogP contribution in [0.2, 0.25) is 0 Å². The minimum Gasteiger partial charge on any atom is -0.456 e. The van der Waals surface area contributed by atoms with Crippen LogP contribution in [0.25, 0.3) is 54.6 Å². The van der Waals surface area contributed by atoms with Gasteiger partial charge in [0.2, 0.25) is 0 Å². The van der Waals surface area contributed by atoms with E-state index < -0.39 is 0 Å². The van der Waals surface area contributed by atoms with Crippen LogP contribution in [0.5, 0.6) is 0 Å². The van der Waals surface area contributed by atoms with Crippen LogP contribution in [0.15, 0.2) is 216 Å². The second kappa shape index (κ2) is 14.2. The van der Waals surface area contributed by atoms with Crippen molar-refractivity contribution in [1.29, 1.82) is 0 Å². The van der Waals surface area contributed by atoms with Crippen molar-refractivity contribution in [2.24, 2.45) is 4.99 Å². The van der Waals surface area contributed by atoms with Crippen molar-refractivity contribution in [1.82, 2.24) is 10.6 Å². The molecule has 0 radical (unpaired) electrons. The number of para-hydroxylation sites is 1. The highest BCUT2D eigenvalue weighted by molar-refractivity contribution is 6.17. The van der Waals surface area contributed by atoms with Crippen molar-refractivity contribution < 1.29 is 4.42 Å². The first-order valence-electron chi connectivity index (χ1n) is 19.8. The lowest BCUT2D eigenvalue weighted by atomic mass is 9.95. The third-order valence-corrected chi connectivity index (χ3v) is 11.3. The molecule has 0 aliphatic carbocycles. The second-order valence-corrected chi connectivity index (χ2v) is 14.9. The van der Waals surface area contributed by atoms with E-state index in [1.54, 1.807) is 0 Å². The predicted octanol–water partition coefficient (Wildman–Crippen LogP) is 13.4. The van der Waals surface area contributed by atoms with Gasteiger partial charge in [-0.05, 0) is 104 Å². The van der Waals surface area contributed by atoms with Crippen molar-refractivity contribution in [3.8, 4) is 11.1 Å². The molecule has 2 atom stereocenters. The number of nitrogens with one attached hydrogen (secondary N) is 2. The summed E-state index contributed by atoms with van der Waals surface area (Å²) in [5, 5.41) is 14.4. The van der Waals surface area contributed by atoms with E-state index in [-0.39, 0.29) is 12.3 Å². The van der Waals surface area contributed by atoms with Crippen molar-refractivity contribution in [3.05, 3.63) is 223 Å². The summed E-state index contributed by atoms with van der Waals surface area (Å²) >= 11 is 0. The summed E-state index contributed by atoms with van der Waals surface area (Å²) in [6.07, 6.45) is -0.404. The standard InChI is InChI=1S/C53H38N4O/c1-4-15-37(16-5-1)51-54-52(38-17-6-2-7-18-38)56-53(55-51)42-32-46(50-47-31-40-20-12-13-21-41(40)33-48(47)58-49(50)34-42)36-25-27-44(28-26-36)57(43-22-8-3-9-23-43)45-29-24-35-14-10-11-19-39(35)30-45/h1-34,51-52,54H,(H,55,56). The third-order valence-electron chi connectivity index (χ3n) is 11.3. The van der Waals surface area contributed by atoms with Gasteiger partial charge in [0.05, 0.1) is 0 Å². The van der Waals surface area contributed by atoms with Gasteiger partial charge in [0.1, 0.15) is 29.3 Å². The molecule has 0 bridgehead atoms. The molecular formula is C53H38N4O. The van der Waals surface area contributed by atoms with E-state index in [1.807, 2.05) is 12.1 Å². The van der Waals surface area contributed by atoms with E-state index >= 15 is 0 Å². The van der Waals surface area contributed by atoms with Gasteiger partial charge in [-0.1, -0.05) is 146 Å². The molecule has 2 unspecified atom stereocenters. The Morgan fingerprint density at radius 3 is 1.76 bits per heavy atom. The largest absolute Gasteiger partial charge is 0.456 e. The molecule has 0 saturated carbocycles. The van der Waals surface area contributed by atoms with Gasteiger partial charge in [0.15, 0.2) is 0 Å². The molecule has 1 aromatic heterocycles. The van der Waals surface area contributed by atoms with Crippen LogP contribution in [0, 0.1) is 0 Å². The van der Waals surface area contributed by atoms with E-state index in [9.17, 15) is 0 Å². The number of furan rings is 1. The zero-order valence-electron chi connectivity index (χ0n) is 31.6. The summed E-state index contributed by atoms with van der Waals surface area (Å²) in [7, 11) is 0. The van der Waals surface area contributed by atoms with Crippen LogP contribution in [-0.2, 0) is 0 Å². The van der Waals surface area contributed by atoms with Gasteiger partial charge in [-0.25, -0.2) is 4.99 Å². The number of rotatable bonds is 7. The van der Waals surface area contributed by atoms with Gasteiger partial charge >= 0.3 is 0 Å². The summed E-state index contributed by atoms with van der Waals surface area (Å²) in [6.45, 7) is 0. The molecule has 10 aromatic rings. The van der Waals surface area contributed by atoms with Crippen LogP contribution in [0.3, 0.4) is 0 Å². The molecule has 2 heterocycles. The highest BCUT2D eigenvalue weighted by Crippen LogP contribution is 2.42. The van der Waals surface area contributed by atoms with Gasteiger partial charge in [0, 0.05) is 33.4 Å². The molecule has 0 saturated heterocycles. The zero-order valence-corrected chi connectivity index (χ0v) is 31.6. The van der Waals surface area contributed by atoms with Gasteiger partial charge in [-0.2, -0.15) is 0 Å². The average Bonchev–Trinajstić information content (AvgIpc) is 3.66. The van der Waals surface area contributed by atoms with E-state index in [1.165, 1.54) is 16.2 Å². The van der Waals surface area contributed by atoms with Crippen molar-refractivity contribution >= 4 is 66.4 Å². The summed E-state index contributed by atoms with van der Waals surface area (Å²) in [5.41, 5.74) is 10.3. The number of aliphatic imine (C=N–C) groups is 1. The number of hydrogen-bond donors (Lipinski definition) is 2. The molecular weight excluding hydrogens is 709 g/mol. The van der Waals surface area contributed by atoms with Crippen molar-refractivity contribution in [2.75, 3.05) is 4.90 Å². The topological polar surface area (TPSA) is 52.8 Å².